The fourth-order valence-corrected chi connectivity index (χ4v) is 1.09. The van der Waals surface area contributed by atoms with Crippen molar-refractivity contribution < 1.29 is 4.79 Å². The van der Waals surface area contributed by atoms with Gasteiger partial charge < -0.3 is 16.4 Å². The molecule has 0 aliphatic rings. The summed E-state index contributed by atoms with van der Waals surface area (Å²) in [6, 6.07) is 0. The minimum Gasteiger partial charge on any atom is -0.370 e. The molecule has 0 aromatic heterocycles. The van der Waals surface area contributed by atoms with E-state index in [4.69, 9.17) is 11.1 Å². The maximum Gasteiger partial charge on any atom is 0.216 e. The summed E-state index contributed by atoms with van der Waals surface area (Å²) in [6.07, 6.45) is 1.97. The molecule has 0 saturated heterocycles. The highest BCUT2D eigenvalue weighted by molar-refractivity contribution is 5.74. The molecule has 0 aliphatic carbocycles. The lowest BCUT2D eigenvalue weighted by Gasteiger charge is -2.11. The first-order valence-corrected chi connectivity index (χ1v) is 4.84. The molecule has 0 rings (SSSR count). The van der Waals surface area contributed by atoms with Gasteiger partial charge in [-0.25, -0.2) is 0 Å². The summed E-state index contributed by atoms with van der Waals surface area (Å²) in [5.41, 5.74) is 5.12. The molecule has 1 atom stereocenters. The van der Waals surface area contributed by atoms with Crippen molar-refractivity contribution in [2.75, 3.05) is 13.1 Å². The number of carbonyl (C=O) groups is 1. The van der Waals surface area contributed by atoms with E-state index in [1.165, 1.54) is 6.92 Å². The summed E-state index contributed by atoms with van der Waals surface area (Å²) >= 11 is 0. The molecule has 0 saturated carbocycles. The van der Waals surface area contributed by atoms with Crippen molar-refractivity contribution in [3.8, 4) is 0 Å². The monoisotopic (exact) mass is 200 g/mol. The third-order valence-corrected chi connectivity index (χ3v) is 1.89. The molecule has 0 aromatic carbocycles. The Morgan fingerprint density at radius 2 is 2.14 bits per heavy atom. The Morgan fingerprint density at radius 3 is 2.64 bits per heavy atom. The van der Waals surface area contributed by atoms with Gasteiger partial charge in [0, 0.05) is 20.0 Å². The molecule has 0 aromatic rings. The maximum absolute atomic E-state index is 10.6. The van der Waals surface area contributed by atoms with Gasteiger partial charge in [-0.15, -0.1) is 0 Å². The number of guanidine groups is 1. The first-order valence-electron chi connectivity index (χ1n) is 4.84. The van der Waals surface area contributed by atoms with Crippen molar-refractivity contribution in [1.29, 1.82) is 5.41 Å². The van der Waals surface area contributed by atoms with Gasteiger partial charge in [0.05, 0.1) is 0 Å². The molecule has 0 spiro atoms. The van der Waals surface area contributed by atoms with E-state index in [-0.39, 0.29) is 11.9 Å². The highest BCUT2D eigenvalue weighted by Gasteiger charge is 2.02. The van der Waals surface area contributed by atoms with Crippen LogP contribution in [0.25, 0.3) is 0 Å². The summed E-state index contributed by atoms with van der Waals surface area (Å²) in [5.74, 6) is 0.492. The highest BCUT2D eigenvalue weighted by Crippen LogP contribution is 2.02. The van der Waals surface area contributed by atoms with Gasteiger partial charge in [0.25, 0.3) is 0 Å². The van der Waals surface area contributed by atoms with Crippen LogP contribution >= 0.6 is 0 Å². The molecule has 0 aliphatic heterocycles. The van der Waals surface area contributed by atoms with E-state index >= 15 is 0 Å². The Labute approximate surface area is 84.9 Å². The van der Waals surface area contributed by atoms with Crippen LogP contribution in [0, 0.1) is 11.3 Å². The van der Waals surface area contributed by atoms with E-state index in [0.717, 1.165) is 25.9 Å². The van der Waals surface area contributed by atoms with Gasteiger partial charge in [-0.3, -0.25) is 10.2 Å². The van der Waals surface area contributed by atoms with Crippen LogP contribution in [-0.4, -0.2) is 25.0 Å². The molecule has 0 heterocycles. The highest BCUT2D eigenvalue weighted by atomic mass is 16.1. The number of hydrogen-bond donors (Lipinski definition) is 4. The van der Waals surface area contributed by atoms with Gasteiger partial charge in [-0.1, -0.05) is 6.92 Å². The van der Waals surface area contributed by atoms with Crippen molar-refractivity contribution in [3.63, 3.8) is 0 Å². The number of amides is 1. The van der Waals surface area contributed by atoms with E-state index in [2.05, 4.69) is 17.6 Å². The van der Waals surface area contributed by atoms with Crippen LogP contribution in [0.15, 0.2) is 0 Å². The standard InChI is InChI=1S/C9H20N4O/c1-7(6-13-8(2)14)4-3-5-12-9(10)11/h7H,3-6H2,1-2H3,(H,13,14)(H4,10,11,12)/t7-/m1/s1. The average Bonchev–Trinajstić information content (AvgIpc) is 2.08. The molecule has 0 unspecified atom stereocenters. The number of hydrogen-bond acceptors (Lipinski definition) is 2. The Balaban J connectivity index is 3.30. The molecule has 5 heteroatoms. The zero-order valence-corrected chi connectivity index (χ0v) is 8.89. The Hall–Kier alpha value is -1.26. The molecule has 14 heavy (non-hydrogen) atoms. The van der Waals surface area contributed by atoms with Crippen molar-refractivity contribution in [2.24, 2.45) is 11.7 Å². The fraction of sp³-hybridized carbons (Fsp3) is 0.778. The minimum atomic E-state index is 0.0127. The van der Waals surface area contributed by atoms with Gasteiger partial charge in [0.1, 0.15) is 0 Å². The van der Waals surface area contributed by atoms with Crippen LogP contribution in [0.2, 0.25) is 0 Å². The lowest BCUT2D eigenvalue weighted by molar-refractivity contribution is -0.119. The van der Waals surface area contributed by atoms with E-state index < -0.39 is 0 Å². The van der Waals surface area contributed by atoms with Gasteiger partial charge >= 0.3 is 0 Å². The van der Waals surface area contributed by atoms with Crippen molar-refractivity contribution >= 4 is 11.9 Å². The number of carbonyl (C=O) groups excluding carboxylic acids is 1. The Morgan fingerprint density at radius 1 is 1.50 bits per heavy atom. The molecule has 1 amide bonds. The second kappa shape index (κ2) is 7.17. The lowest BCUT2D eigenvalue weighted by atomic mass is 10.1. The Bertz CT molecular complexity index is 193. The predicted molar refractivity (Wildman–Crippen MR) is 57.0 cm³/mol. The smallest absolute Gasteiger partial charge is 0.216 e. The molecule has 82 valence electrons. The van der Waals surface area contributed by atoms with E-state index in [1.54, 1.807) is 0 Å². The van der Waals surface area contributed by atoms with Gasteiger partial charge in [0.2, 0.25) is 5.91 Å². The summed E-state index contributed by atoms with van der Waals surface area (Å²) in [7, 11) is 0. The van der Waals surface area contributed by atoms with Crippen LogP contribution in [-0.2, 0) is 4.79 Å². The predicted octanol–water partition coefficient (Wildman–Crippen LogP) is 0.0219. The molecule has 0 bridgehead atoms. The molecular formula is C9H20N4O. The van der Waals surface area contributed by atoms with Crippen molar-refractivity contribution in [1.82, 2.24) is 10.6 Å². The number of nitrogens with two attached hydrogens (primary N) is 1. The molecule has 5 N–H and O–H groups in total. The quantitative estimate of drug-likeness (QED) is 0.277. The third-order valence-electron chi connectivity index (χ3n) is 1.89. The van der Waals surface area contributed by atoms with E-state index in [0.29, 0.717) is 5.92 Å². The molecule has 0 fully saturated rings. The summed E-state index contributed by atoms with van der Waals surface area (Å²) in [4.78, 5) is 10.6. The topological polar surface area (TPSA) is 91.0 Å². The number of rotatable bonds is 6. The Kier molecular flexibility index (Phi) is 6.53. The number of nitrogens with one attached hydrogen (secondary N) is 3. The first-order chi connectivity index (χ1) is 6.52. The van der Waals surface area contributed by atoms with Gasteiger partial charge in [-0.05, 0) is 18.8 Å². The molecule has 5 nitrogen and oxygen atoms in total. The minimum absolute atomic E-state index is 0.0127. The zero-order valence-electron chi connectivity index (χ0n) is 8.89. The van der Waals surface area contributed by atoms with Crippen LogP contribution in [0.5, 0.6) is 0 Å². The fourth-order valence-electron chi connectivity index (χ4n) is 1.09. The van der Waals surface area contributed by atoms with E-state index in [1.807, 2.05) is 0 Å². The summed E-state index contributed by atoms with van der Waals surface area (Å²) in [6.45, 7) is 5.04. The van der Waals surface area contributed by atoms with Crippen LogP contribution in [0.1, 0.15) is 26.7 Å². The first kappa shape index (κ1) is 12.7. The average molecular weight is 200 g/mol. The lowest BCUT2D eigenvalue weighted by Crippen LogP contribution is -2.31. The summed E-state index contributed by atoms with van der Waals surface area (Å²) in [5, 5.41) is 12.4. The van der Waals surface area contributed by atoms with E-state index in [9.17, 15) is 4.79 Å². The second-order valence-corrected chi connectivity index (χ2v) is 3.52. The molecule has 0 radical (unpaired) electrons. The van der Waals surface area contributed by atoms with Crippen LogP contribution in [0.3, 0.4) is 0 Å². The summed E-state index contributed by atoms with van der Waals surface area (Å²) < 4.78 is 0. The van der Waals surface area contributed by atoms with Gasteiger partial charge in [0.15, 0.2) is 5.96 Å². The normalized spacial score (nSPS) is 11.9. The van der Waals surface area contributed by atoms with Crippen LogP contribution in [0.4, 0.5) is 0 Å². The van der Waals surface area contributed by atoms with Crippen molar-refractivity contribution in [3.05, 3.63) is 0 Å². The largest absolute Gasteiger partial charge is 0.370 e. The third kappa shape index (κ3) is 8.83. The van der Waals surface area contributed by atoms with Crippen LogP contribution < -0.4 is 16.4 Å². The van der Waals surface area contributed by atoms with Crippen molar-refractivity contribution in [2.45, 2.75) is 26.7 Å². The molecular weight excluding hydrogens is 180 g/mol. The maximum atomic E-state index is 10.6. The zero-order chi connectivity index (χ0) is 11.0. The SMILES string of the molecule is CC(=O)NC[C@H](C)CCCNC(=N)N. The van der Waals surface area contributed by atoms with Gasteiger partial charge in [-0.2, -0.15) is 0 Å². The second-order valence-electron chi connectivity index (χ2n) is 3.52.